The molecule has 1 aliphatic rings. The summed E-state index contributed by atoms with van der Waals surface area (Å²) in [5.41, 5.74) is 5.89. The smallest absolute Gasteiger partial charge is 0.0804 e. The third kappa shape index (κ3) is 4.52. The molecule has 2 nitrogen and oxygen atoms in total. The molecular weight excluding hydrogens is 186 g/mol. The van der Waals surface area contributed by atoms with Crippen molar-refractivity contribution in [1.82, 2.24) is 0 Å². The van der Waals surface area contributed by atoms with Crippen LogP contribution in [-0.4, -0.2) is 18.8 Å². The van der Waals surface area contributed by atoms with Crippen molar-refractivity contribution >= 4 is 0 Å². The third-order valence-corrected chi connectivity index (χ3v) is 3.47. The Balaban J connectivity index is 2.20. The van der Waals surface area contributed by atoms with E-state index in [1.165, 1.54) is 44.9 Å². The fourth-order valence-corrected chi connectivity index (χ4v) is 2.38. The summed E-state index contributed by atoms with van der Waals surface area (Å²) in [4.78, 5) is 0. The lowest BCUT2D eigenvalue weighted by molar-refractivity contribution is -0.0648. The lowest BCUT2D eigenvalue weighted by Crippen LogP contribution is -2.42. The summed E-state index contributed by atoms with van der Waals surface area (Å²) in [6.07, 6.45) is 8.73. The SMILES string of the molecule is CC(C)CCCOC1(CN)CCCCC1. The zero-order valence-electron chi connectivity index (χ0n) is 10.4. The topological polar surface area (TPSA) is 35.2 Å². The van der Waals surface area contributed by atoms with Gasteiger partial charge >= 0.3 is 0 Å². The molecule has 0 spiro atoms. The van der Waals surface area contributed by atoms with Crippen LogP contribution in [0.5, 0.6) is 0 Å². The van der Waals surface area contributed by atoms with Crippen LogP contribution in [0.3, 0.4) is 0 Å². The van der Waals surface area contributed by atoms with Gasteiger partial charge in [0.2, 0.25) is 0 Å². The van der Waals surface area contributed by atoms with Crippen molar-refractivity contribution in [2.45, 2.75) is 64.4 Å². The van der Waals surface area contributed by atoms with Gasteiger partial charge in [0.25, 0.3) is 0 Å². The predicted octanol–water partition coefficient (Wildman–Crippen LogP) is 3.10. The highest BCUT2D eigenvalue weighted by atomic mass is 16.5. The van der Waals surface area contributed by atoms with Gasteiger partial charge in [-0.2, -0.15) is 0 Å². The molecule has 0 unspecified atom stereocenters. The van der Waals surface area contributed by atoms with E-state index < -0.39 is 0 Å². The van der Waals surface area contributed by atoms with Crippen LogP contribution in [0.15, 0.2) is 0 Å². The highest BCUT2D eigenvalue weighted by Crippen LogP contribution is 2.30. The van der Waals surface area contributed by atoms with E-state index in [0.29, 0.717) is 6.54 Å². The molecule has 0 radical (unpaired) electrons. The van der Waals surface area contributed by atoms with E-state index in [4.69, 9.17) is 10.5 Å². The van der Waals surface area contributed by atoms with Crippen LogP contribution in [-0.2, 0) is 4.74 Å². The van der Waals surface area contributed by atoms with Crippen LogP contribution >= 0.6 is 0 Å². The molecule has 1 aliphatic carbocycles. The van der Waals surface area contributed by atoms with Crippen LogP contribution in [0.4, 0.5) is 0 Å². The first-order valence-electron chi connectivity index (χ1n) is 6.52. The average Bonchev–Trinajstić information content (AvgIpc) is 2.26. The Hall–Kier alpha value is -0.0800. The maximum atomic E-state index is 6.05. The second-order valence-corrected chi connectivity index (χ2v) is 5.33. The first-order valence-corrected chi connectivity index (χ1v) is 6.52. The van der Waals surface area contributed by atoms with Crippen molar-refractivity contribution in [3.8, 4) is 0 Å². The van der Waals surface area contributed by atoms with E-state index in [1.807, 2.05) is 0 Å². The zero-order chi connectivity index (χ0) is 11.1. The number of ether oxygens (including phenoxy) is 1. The molecule has 0 aromatic rings. The molecule has 1 saturated carbocycles. The van der Waals surface area contributed by atoms with Crippen LogP contribution in [0.2, 0.25) is 0 Å². The molecule has 90 valence electrons. The van der Waals surface area contributed by atoms with Gasteiger partial charge in [0.05, 0.1) is 5.60 Å². The predicted molar refractivity (Wildman–Crippen MR) is 64.9 cm³/mol. The molecule has 0 saturated heterocycles. The molecule has 2 N–H and O–H groups in total. The normalized spacial score (nSPS) is 20.8. The molecule has 0 amide bonds. The van der Waals surface area contributed by atoms with Crippen LogP contribution in [0, 0.1) is 5.92 Å². The highest BCUT2D eigenvalue weighted by Gasteiger charge is 2.31. The average molecular weight is 213 g/mol. The first-order chi connectivity index (χ1) is 7.18. The minimum Gasteiger partial charge on any atom is -0.374 e. The number of hydrogen-bond acceptors (Lipinski definition) is 2. The zero-order valence-corrected chi connectivity index (χ0v) is 10.4. The minimum absolute atomic E-state index is 0.0369. The van der Waals surface area contributed by atoms with Crippen LogP contribution in [0.1, 0.15) is 58.8 Å². The first kappa shape index (κ1) is 13.0. The fourth-order valence-electron chi connectivity index (χ4n) is 2.38. The lowest BCUT2D eigenvalue weighted by atomic mass is 9.84. The molecule has 0 aliphatic heterocycles. The maximum absolute atomic E-state index is 6.05. The van der Waals surface area contributed by atoms with Crippen LogP contribution in [0.25, 0.3) is 0 Å². The summed E-state index contributed by atoms with van der Waals surface area (Å²) in [5.74, 6) is 0.786. The van der Waals surface area contributed by atoms with Crippen molar-refractivity contribution in [3.05, 3.63) is 0 Å². The van der Waals surface area contributed by atoms with Crippen LogP contribution < -0.4 is 5.73 Å². The van der Waals surface area contributed by atoms with E-state index in [2.05, 4.69) is 13.8 Å². The highest BCUT2D eigenvalue weighted by molar-refractivity contribution is 4.85. The van der Waals surface area contributed by atoms with E-state index in [9.17, 15) is 0 Å². The Kier molecular flexibility index (Phi) is 5.62. The summed E-state index contributed by atoms with van der Waals surface area (Å²) in [6, 6.07) is 0. The number of nitrogens with two attached hydrogens (primary N) is 1. The lowest BCUT2D eigenvalue weighted by Gasteiger charge is -2.36. The van der Waals surface area contributed by atoms with Crippen molar-refractivity contribution in [1.29, 1.82) is 0 Å². The molecule has 0 heterocycles. The second-order valence-electron chi connectivity index (χ2n) is 5.33. The summed E-state index contributed by atoms with van der Waals surface area (Å²) in [5, 5.41) is 0. The van der Waals surface area contributed by atoms with Crippen molar-refractivity contribution in [2.75, 3.05) is 13.2 Å². The molecule has 0 aromatic carbocycles. The monoisotopic (exact) mass is 213 g/mol. The van der Waals surface area contributed by atoms with E-state index in [-0.39, 0.29) is 5.60 Å². The van der Waals surface area contributed by atoms with E-state index >= 15 is 0 Å². The maximum Gasteiger partial charge on any atom is 0.0804 e. The molecular formula is C13H27NO. The van der Waals surface area contributed by atoms with Gasteiger partial charge in [0.15, 0.2) is 0 Å². The summed E-state index contributed by atoms with van der Waals surface area (Å²) in [6.45, 7) is 6.13. The molecule has 2 heteroatoms. The number of rotatable bonds is 6. The molecule has 0 atom stereocenters. The molecule has 15 heavy (non-hydrogen) atoms. The van der Waals surface area contributed by atoms with Gasteiger partial charge in [0.1, 0.15) is 0 Å². The minimum atomic E-state index is 0.0369. The Morgan fingerprint density at radius 1 is 1.20 bits per heavy atom. The third-order valence-electron chi connectivity index (χ3n) is 3.47. The Morgan fingerprint density at radius 2 is 1.87 bits per heavy atom. The fraction of sp³-hybridized carbons (Fsp3) is 1.00. The standard InChI is InChI=1S/C13H27NO/c1-12(2)7-6-10-15-13(11-14)8-4-3-5-9-13/h12H,3-11,14H2,1-2H3. The van der Waals surface area contributed by atoms with Crippen molar-refractivity contribution < 1.29 is 4.74 Å². The van der Waals surface area contributed by atoms with Gasteiger partial charge in [-0.3, -0.25) is 0 Å². The van der Waals surface area contributed by atoms with Gasteiger partial charge in [-0.1, -0.05) is 33.1 Å². The summed E-state index contributed by atoms with van der Waals surface area (Å²) >= 11 is 0. The van der Waals surface area contributed by atoms with Crippen molar-refractivity contribution in [3.63, 3.8) is 0 Å². The largest absolute Gasteiger partial charge is 0.374 e. The van der Waals surface area contributed by atoms with Gasteiger partial charge in [-0.05, 0) is 31.6 Å². The van der Waals surface area contributed by atoms with E-state index in [0.717, 1.165) is 12.5 Å². The quantitative estimate of drug-likeness (QED) is 0.688. The molecule has 0 aromatic heterocycles. The second kappa shape index (κ2) is 6.49. The van der Waals surface area contributed by atoms with Crippen molar-refractivity contribution in [2.24, 2.45) is 11.7 Å². The van der Waals surface area contributed by atoms with Gasteiger partial charge in [0, 0.05) is 13.2 Å². The Morgan fingerprint density at radius 3 is 2.40 bits per heavy atom. The van der Waals surface area contributed by atoms with Gasteiger partial charge in [-0.15, -0.1) is 0 Å². The Bertz CT molecular complexity index is 162. The molecule has 1 rings (SSSR count). The molecule has 0 bridgehead atoms. The Labute approximate surface area is 94.6 Å². The molecule has 1 fully saturated rings. The van der Waals surface area contributed by atoms with Gasteiger partial charge < -0.3 is 10.5 Å². The number of hydrogen-bond donors (Lipinski definition) is 1. The summed E-state index contributed by atoms with van der Waals surface area (Å²) in [7, 11) is 0. The summed E-state index contributed by atoms with van der Waals surface area (Å²) < 4.78 is 6.05. The van der Waals surface area contributed by atoms with E-state index in [1.54, 1.807) is 0 Å². The van der Waals surface area contributed by atoms with Gasteiger partial charge in [-0.25, -0.2) is 0 Å².